The van der Waals surface area contributed by atoms with E-state index in [0.29, 0.717) is 5.92 Å². The molecule has 5 nitrogen and oxygen atoms in total. The van der Waals surface area contributed by atoms with Gasteiger partial charge in [-0.3, -0.25) is 0 Å². The van der Waals surface area contributed by atoms with Crippen molar-refractivity contribution in [2.24, 2.45) is 5.92 Å². The lowest BCUT2D eigenvalue weighted by Crippen LogP contribution is -2.38. The Morgan fingerprint density at radius 3 is 2.07 bits per heavy atom. The number of anilines is 1. The van der Waals surface area contributed by atoms with E-state index in [9.17, 15) is 13.0 Å². The van der Waals surface area contributed by atoms with E-state index < -0.39 is 15.4 Å². The molecule has 4 aromatic carbocycles. The molecule has 1 atom stereocenters. The van der Waals surface area contributed by atoms with Crippen molar-refractivity contribution in [3.8, 4) is 22.3 Å². The largest absolute Gasteiger partial charge is 0.748 e. The molecule has 1 aromatic heterocycles. The van der Waals surface area contributed by atoms with Gasteiger partial charge in [-0.25, -0.2) is 8.42 Å². The Morgan fingerprint density at radius 2 is 1.45 bits per heavy atom. The van der Waals surface area contributed by atoms with Gasteiger partial charge in [-0.05, 0) is 47.4 Å². The zero-order valence-electron chi connectivity index (χ0n) is 23.7. The maximum absolute atomic E-state index is 12.0. The summed E-state index contributed by atoms with van der Waals surface area (Å²) < 4.78 is 39.6. The molecule has 0 saturated carbocycles. The van der Waals surface area contributed by atoms with Gasteiger partial charge in [0.1, 0.15) is 4.70 Å². The lowest BCUT2D eigenvalue weighted by Gasteiger charge is -2.26. The van der Waals surface area contributed by atoms with Crippen molar-refractivity contribution in [2.45, 2.75) is 37.5 Å². The molecule has 6 rings (SSSR count). The summed E-state index contributed by atoms with van der Waals surface area (Å²) in [5.41, 5.74) is 6.58. The molecule has 0 N–H and O–H groups in total. The second-order valence-electron chi connectivity index (χ2n) is 11.0. The van der Waals surface area contributed by atoms with E-state index in [4.69, 9.17) is 0 Å². The minimum Gasteiger partial charge on any atom is -0.748 e. The summed E-state index contributed by atoms with van der Waals surface area (Å²) in [4.78, 5) is 3.05. The van der Waals surface area contributed by atoms with E-state index >= 15 is 0 Å². The Kier molecular flexibility index (Phi) is 7.98. The smallest absolute Gasteiger partial charge is 0.265 e. The van der Waals surface area contributed by atoms with Gasteiger partial charge in [0, 0.05) is 23.4 Å². The fourth-order valence-electron chi connectivity index (χ4n) is 5.23. The zero-order chi connectivity index (χ0) is 29.4. The summed E-state index contributed by atoms with van der Waals surface area (Å²) in [5, 5.41) is 0.939. The Balaban J connectivity index is 1.47. The van der Waals surface area contributed by atoms with Crippen LogP contribution < -0.4 is 9.47 Å². The second kappa shape index (κ2) is 11.7. The third kappa shape index (κ3) is 5.90. The highest BCUT2D eigenvalue weighted by molar-refractivity contribution is 8.04. The number of hydrogen-bond donors (Lipinski definition) is 0. The lowest BCUT2D eigenvalue weighted by atomic mass is 10.0. The van der Waals surface area contributed by atoms with Crippen LogP contribution in [0.2, 0.25) is 0 Å². The predicted molar refractivity (Wildman–Crippen MR) is 175 cm³/mol. The molecule has 1 unspecified atom stereocenters. The number of fused-ring (bicyclic) bond motifs is 2. The molecule has 8 heteroatoms. The first kappa shape index (κ1) is 28.7. The highest BCUT2D eigenvalue weighted by atomic mass is 32.2. The molecule has 0 amide bonds. The normalized spacial score (nSPS) is 15.1. The summed E-state index contributed by atoms with van der Waals surface area (Å²) >= 11 is 3.35. The van der Waals surface area contributed by atoms with E-state index in [1.165, 1.54) is 28.3 Å². The number of benzene rings is 4. The van der Waals surface area contributed by atoms with Gasteiger partial charge in [-0.1, -0.05) is 110 Å². The minimum atomic E-state index is -4.46. The van der Waals surface area contributed by atoms with Crippen molar-refractivity contribution in [3.63, 3.8) is 0 Å². The number of thioether (sulfide) groups is 1. The van der Waals surface area contributed by atoms with Crippen LogP contribution in [0.3, 0.4) is 0 Å². The summed E-state index contributed by atoms with van der Waals surface area (Å²) in [6.07, 6.45) is 2.16. The van der Waals surface area contributed by atoms with Gasteiger partial charge in [-0.15, -0.1) is 0 Å². The van der Waals surface area contributed by atoms with Crippen molar-refractivity contribution in [2.75, 3.05) is 11.4 Å². The monoisotopic (exact) mass is 612 g/mol. The van der Waals surface area contributed by atoms with Crippen molar-refractivity contribution >= 4 is 55.2 Å². The van der Waals surface area contributed by atoms with Crippen LogP contribution >= 0.6 is 23.1 Å². The number of thiazole rings is 1. The van der Waals surface area contributed by atoms with E-state index in [-0.39, 0.29) is 6.54 Å². The molecule has 0 radical (unpaired) electrons. The van der Waals surface area contributed by atoms with Gasteiger partial charge < -0.3 is 9.45 Å². The van der Waals surface area contributed by atoms with E-state index in [2.05, 4.69) is 97.3 Å². The summed E-state index contributed by atoms with van der Waals surface area (Å²) in [5.74, 6) is 0.425. The Bertz CT molecular complexity index is 1880. The SMILES string of the molecule is CC(C)C[n+]1c(C=C2Sc3ccc(-c4ccccc4)cc3N2CC(C)S(=O)(=O)[O-])sc2ccc(-c3ccccc3)cc21. The molecule has 0 bridgehead atoms. The molecule has 0 fully saturated rings. The van der Waals surface area contributed by atoms with Gasteiger partial charge in [-0.2, -0.15) is 4.57 Å². The number of hydrogen-bond acceptors (Lipinski definition) is 6. The maximum Gasteiger partial charge on any atom is 0.265 e. The Hall–Kier alpha value is -3.43. The quantitative estimate of drug-likeness (QED) is 0.131. The van der Waals surface area contributed by atoms with Gasteiger partial charge >= 0.3 is 0 Å². The lowest BCUT2D eigenvalue weighted by molar-refractivity contribution is -0.674. The number of aromatic nitrogens is 1. The molecule has 0 saturated heterocycles. The first-order valence-corrected chi connectivity index (χ1v) is 17.1. The fourth-order valence-corrected chi connectivity index (χ4v) is 7.82. The standard InChI is InChI=1S/C34H32N2O3S3/c1-23(2)21-35-29-18-27(25-10-6-4-7-11-25)14-16-31(29)40-33(35)20-34-36(22-24(3)42(37,38)39)30-19-28(15-17-32(30)41-34)26-12-8-5-9-13-26/h4-20,23-24H,21-22H2,1-3H3. The summed E-state index contributed by atoms with van der Waals surface area (Å²) in [7, 11) is -4.46. The first-order chi connectivity index (χ1) is 20.2. The van der Waals surface area contributed by atoms with Crippen LogP contribution in [-0.2, 0) is 16.7 Å². The van der Waals surface area contributed by atoms with Crippen LogP contribution in [0.25, 0.3) is 38.5 Å². The van der Waals surface area contributed by atoms with Crippen LogP contribution in [0.15, 0.2) is 107 Å². The van der Waals surface area contributed by atoms with Crippen molar-refractivity contribution < 1.29 is 17.5 Å². The molecular weight excluding hydrogens is 581 g/mol. The Morgan fingerprint density at radius 1 is 0.833 bits per heavy atom. The number of nitrogens with zero attached hydrogens (tertiary/aromatic N) is 2. The molecular formula is C34H32N2O3S3. The molecule has 42 heavy (non-hydrogen) atoms. The number of rotatable bonds is 8. The predicted octanol–water partition coefficient (Wildman–Crippen LogP) is 8.02. The minimum absolute atomic E-state index is 0.0864. The molecule has 0 spiro atoms. The highest BCUT2D eigenvalue weighted by Crippen LogP contribution is 2.48. The van der Waals surface area contributed by atoms with E-state index in [0.717, 1.165) is 38.3 Å². The van der Waals surface area contributed by atoms with Crippen molar-refractivity contribution in [1.29, 1.82) is 0 Å². The first-order valence-electron chi connectivity index (χ1n) is 14.0. The van der Waals surface area contributed by atoms with Gasteiger partial charge in [0.15, 0.2) is 6.54 Å². The Labute approximate surface area is 255 Å². The van der Waals surface area contributed by atoms with Crippen LogP contribution in [0.5, 0.6) is 0 Å². The van der Waals surface area contributed by atoms with Gasteiger partial charge in [0.05, 0.1) is 32.2 Å². The van der Waals surface area contributed by atoms with E-state index in [1.807, 2.05) is 29.2 Å². The average Bonchev–Trinajstić information content (AvgIpc) is 3.49. The van der Waals surface area contributed by atoms with Crippen LogP contribution in [0, 0.1) is 5.92 Å². The summed E-state index contributed by atoms with van der Waals surface area (Å²) in [6.45, 7) is 6.86. The van der Waals surface area contributed by atoms with Gasteiger partial charge in [0.25, 0.3) is 5.01 Å². The van der Waals surface area contributed by atoms with Crippen LogP contribution in [0.1, 0.15) is 25.8 Å². The summed E-state index contributed by atoms with van der Waals surface area (Å²) in [6, 6.07) is 33.4. The molecule has 5 aromatic rings. The molecule has 1 aliphatic rings. The third-order valence-electron chi connectivity index (χ3n) is 7.40. The van der Waals surface area contributed by atoms with E-state index in [1.54, 1.807) is 23.1 Å². The van der Waals surface area contributed by atoms with Crippen LogP contribution in [-0.4, -0.2) is 24.8 Å². The average molecular weight is 613 g/mol. The van der Waals surface area contributed by atoms with Crippen molar-refractivity contribution in [1.82, 2.24) is 0 Å². The topological polar surface area (TPSA) is 64.3 Å². The molecule has 2 heterocycles. The zero-order valence-corrected chi connectivity index (χ0v) is 26.2. The maximum atomic E-state index is 12.0. The second-order valence-corrected chi connectivity index (χ2v) is 15.0. The molecule has 1 aliphatic heterocycles. The molecule has 0 aliphatic carbocycles. The third-order valence-corrected chi connectivity index (χ3v) is 10.8. The molecule has 214 valence electrons. The highest BCUT2D eigenvalue weighted by Gasteiger charge is 2.31. The van der Waals surface area contributed by atoms with Crippen molar-refractivity contribution in [3.05, 3.63) is 107 Å². The van der Waals surface area contributed by atoms with Crippen LogP contribution in [0.4, 0.5) is 5.69 Å². The van der Waals surface area contributed by atoms with Gasteiger partial charge in [0.2, 0.25) is 5.52 Å². The fraction of sp³-hybridized carbons (Fsp3) is 0.206.